The molecule has 0 aromatic carbocycles. The molecule has 0 fully saturated rings. The number of rotatable bonds is 5. The van der Waals surface area contributed by atoms with Crippen molar-refractivity contribution in [3.05, 3.63) is 16.7 Å². The van der Waals surface area contributed by atoms with Crippen LogP contribution in [0.4, 0.5) is 5.82 Å². The fourth-order valence-corrected chi connectivity index (χ4v) is 1.96. The summed E-state index contributed by atoms with van der Waals surface area (Å²) in [5, 5.41) is 3.47. The molecule has 5 nitrogen and oxygen atoms in total. The summed E-state index contributed by atoms with van der Waals surface area (Å²) >= 11 is 5.93. The second-order valence-corrected chi connectivity index (χ2v) is 4.88. The van der Waals surface area contributed by atoms with Crippen molar-refractivity contribution in [2.75, 3.05) is 11.9 Å². The van der Waals surface area contributed by atoms with Gasteiger partial charge in [-0.25, -0.2) is 9.97 Å². The Morgan fingerprint density at radius 2 is 1.74 bits per heavy atom. The highest BCUT2D eigenvalue weighted by molar-refractivity contribution is 6.28. The Morgan fingerprint density at radius 3 is 2.47 bits per heavy atom. The molecule has 0 saturated carbocycles. The zero-order valence-corrected chi connectivity index (χ0v) is 12.3. The number of hydrogen-bond acceptors (Lipinski definition) is 5. The Labute approximate surface area is 117 Å². The zero-order chi connectivity index (χ0) is 13.8. The second kappa shape index (κ2) is 6.10. The molecule has 6 heteroatoms. The highest BCUT2D eigenvalue weighted by Gasteiger charge is 2.10. The van der Waals surface area contributed by atoms with E-state index in [0.717, 1.165) is 24.4 Å². The van der Waals surface area contributed by atoms with Gasteiger partial charge in [0, 0.05) is 6.54 Å². The lowest BCUT2D eigenvalue weighted by molar-refractivity contribution is 0.742. The minimum absolute atomic E-state index is 0.197. The summed E-state index contributed by atoms with van der Waals surface area (Å²) in [5.41, 5.74) is 2.97. The molecule has 102 valence electrons. The van der Waals surface area contributed by atoms with E-state index < -0.39 is 0 Å². The van der Waals surface area contributed by atoms with Gasteiger partial charge in [0.25, 0.3) is 0 Å². The molecule has 0 unspecified atom stereocenters. The largest absolute Gasteiger partial charge is 0.368 e. The van der Waals surface area contributed by atoms with Crippen LogP contribution in [0.25, 0.3) is 11.2 Å². The molecule has 1 N–H and O–H groups in total. The quantitative estimate of drug-likeness (QED) is 0.672. The smallest absolute Gasteiger partial charge is 0.226 e. The van der Waals surface area contributed by atoms with E-state index in [0.29, 0.717) is 17.0 Å². The third-order valence-electron chi connectivity index (χ3n) is 2.99. The number of nitrogens with zero attached hydrogens (tertiary/aromatic N) is 4. The van der Waals surface area contributed by atoms with Gasteiger partial charge in [0.1, 0.15) is 0 Å². The molecule has 2 rings (SSSR count). The standard InChI is InChI=1S/C13H18ClN5/c1-4-5-6-7-15-11-10-12(19-13(14)18-11)17-9(3)8(2)16-10/h4-7H2,1-3H3,(H,15,17,18,19). The third kappa shape index (κ3) is 3.29. The van der Waals surface area contributed by atoms with E-state index in [1.807, 2.05) is 13.8 Å². The molecule has 0 radical (unpaired) electrons. The van der Waals surface area contributed by atoms with E-state index in [1.165, 1.54) is 12.8 Å². The van der Waals surface area contributed by atoms with E-state index >= 15 is 0 Å². The Balaban J connectivity index is 2.33. The van der Waals surface area contributed by atoms with Gasteiger partial charge in [-0.05, 0) is 31.9 Å². The number of aromatic nitrogens is 4. The van der Waals surface area contributed by atoms with Gasteiger partial charge in [-0.2, -0.15) is 9.97 Å². The SMILES string of the molecule is CCCCCNc1nc(Cl)nc2nc(C)c(C)nc12. The number of halogens is 1. The lowest BCUT2D eigenvalue weighted by Crippen LogP contribution is -2.07. The average molecular weight is 280 g/mol. The summed E-state index contributed by atoms with van der Waals surface area (Å²) in [6.07, 6.45) is 3.47. The lowest BCUT2D eigenvalue weighted by atomic mass is 10.2. The van der Waals surface area contributed by atoms with Crippen molar-refractivity contribution in [1.82, 2.24) is 19.9 Å². The number of nitrogens with one attached hydrogen (secondary N) is 1. The minimum Gasteiger partial charge on any atom is -0.368 e. The first kappa shape index (κ1) is 13.9. The molecular weight excluding hydrogens is 262 g/mol. The van der Waals surface area contributed by atoms with E-state index in [1.54, 1.807) is 0 Å². The van der Waals surface area contributed by atoms with Crippen LogP contribution in [0.2, 0.25) is 5.28 Å². The van der Waals surface area contributed by atoms with Crippen molar-refractivity contribution >= 4 is 28.6 Å². The molecule has 0 saturated heterocycles. The first-order valence-electron chi connectivity index (χ1n) is 6.54. The van der Waals surface area contributed by atoms with E-state index in [9.17, 15) is 0 Å². The van der Waals surface area contributed by atoms with Crippen LogP contribution in [0.3, 0.4) is 0 Å². The van der Waals surface area contributed by atoms with E-state index in [-0.39, 0.29) is 5.28 Å². The fourth-order valence-electron chi connectivity index (χ4n) is 1.79. The van der Waals surface area contributed by atoms with E-state index in [2.05, 4.69) is 32.2 Å². The van der Waals surface area contributed by atoms with Gasteiger partial charge in [-0.15, -0.1) is 0 Å². The average Bonchev–Trinajstić information content (AvgIpc) is 2.36. The first-order valence-corrected chi connectivity index (χ1v) is 6.92. The molecule has 0 aliphatic rings. The molecule has 0 atom stereocenters. The van der Waals surface area contributed by atoms with Crippen LogP contribution in [-0.2, 0) is 0 Å². The number of aryl methyl sites for hydroxylation is 2. The van der Waals surface area contributed by atoms with Crippen LogP contribution in [0.5, 0.6) is 0 Å². The lowest BCUT2D eigenvalue weighted by Gasteiger charge is -2.09. The van der Waals surface area contributed by atoms with E-state index in [4.69, 9.17) is 11.6 Å². The predicted octanol–water partition coefficient (Wildman–Crippen LogP) is 3.29. The highest BCUT2D eigenvalue weighted by atomic mass is 35.5. The summed E-state index contributed by atoms with van der Waals surface area (Å²) in [4.78, 5) is 17.2. The van der Waals surface area contributed by atoms with Crippen molar-refractivity contribution in [2.45, 2.75) is 40.0 Å². The molecular formula is C13H18ClN5. The van der Waals surface area contributed by atoms with Crippen molar-refractivity contribution < 1.29 is 0 Å². The first-order chi connectivity index (χ1) is 9.11. The topological polar surface area (TPSA) is 63.6 Å². The fraction of sp³-hybridized carbons (Fsp3) is 0.538. The Morgan fingerprint density at radius 1 is 1.00 bits per heavy atom. The molecule has 2 aromatic heterocycles. The number of unbranched alkanes of at least 4 members (excludes halogenated alkanes) is 2. The summed E-state index contributed by atoms with van der Waals surface area (Å²) in [5.74, 6) is 0.668. The van der Waals surface area contributed by atoms with Crippen LogP contribution in [0.1, 0.15) is 37.6 Å². The van der Waals surface area contributed by atoms with Crippen molar-refractivity contribution in [3.8, 4) is 0 Å². The summed E-state index contributed by atoms with van der Waals surface area (Å²) < 4.78 is 0. The molecule has 0 spiro atoms. The van der Waals surface area contributed by atoms with Crippen LogP contribution in [-0.4, -0.2) is 26.5 Å². The summed E-state index contributed by atoms with van der Waals surface area (Å²) in [6, 6.07) is 0. The molecule has 2 aromatic rings. The molecule has 0 aliphatic carbocycles. The molecule has 19 heavy (non-hydrogen) atoms. The molecule has 0 aliphatic heterocycles. The van der Waals surface area contributed by atoms with Gasteiger partial charge in [0.05, 0.1) is 11.4 Å². The van der Waals surface area contributed by atoms with Crippen molar-refractivity contribution in [3.63, 3.8) is 0 Å². The number of fused-ring (bicyclic) bond motifs is 1. The Kier molecular flexibility index (Phi) is 4.47. The molecule has 0 bridgehead atoms. The maximum Gasteiger partial charge on any atom is 0.226 e. The summed E-state index contributed by atoms with van der Waals surface area (Å²) in [6.45, 7) is 6.86. The summed E-state index contributed by atoms with van der Waals surface area (Å²) in [7, 11) is 0. The van der Waals surface area contributed by atoms with Gasteiger partial charge < -0.3 is 5.32 Å². The molecule has 0 amide bonds. The number of hydrogen-bond donors (Lipinski definition) is 1. The van der Waals surface area contributed by atoms with Gasteiger partial charge >= 0.3 is 0 Å². The Hall–Kier alpha value is -1.49. The predicted molar refractivity (Wildman–Crippen MR) is 77.6 cm³/mol. The van der Waals surface area contributed by atoms with Crippen LogP contribution in [0.15, 0.2) is 0 Å². The van der Waals surface area contributed by atoms with Crippen LogP contribution < -0.4 is 5.32 Å². The van der Waals surface area contributed by atoms with Crippen molar-refractivity contribution in [2.24, 2.45) is 0 Å². The normalized spacial score (nSPS) is 10.9. The van der Waals surface area contributed by atoms with Gasteiger partial charge in [-0.1, -0.05) is 19.8 Å². The Bertz CT molecular complexity index is 585. The van der Waals surface area contributed by atoms with Gasteiger partial charge in [-0.3, -0.25) is 0 Å². The maximum absolute atomic E-state index is 5.93. The van der Waals surface area contributed by atoms with Gasteiger partial charge in [0.15, 0.2) is 17.0 Å². The zero-order valence-electron chi connectivity index (χ0n) is 11.5. The van der Waals surface area contributed by atoms with Crippen LogP contribution in [0, 0.1) is 13.8 Å². The second-order valence-electron chi connectivity index (χ2n) is 4.54. The van der Waals surface area contributed by atoms with Gasteiger partial charge in [0.2, 0.25) is 5.28 Å². The highest BCUT2D eigenvalue weighted by Crippen LogP contribution is 2.20. The molecule has 2 heterocycles. The van der Waals surface area contributed by atoms with Crippen LogP contribution >= 0.6 is 11.6 Å². The van der Waals surface area contributed by atoms with Crippen molar-refractivity contribution in [1.29, 1.82) is 0 Å². The third-order valence-corrected chi connectivity index (χ3v) is 3.16. The maximum atomic E-state index is 5.93. The number of anilines is 1. The monoisotopic (exact) mass is 279 g/mol. The minimum atomic E-state index is 0.197.